The van der Waals surface area contributed by atoms with Crippen molar-refractivity contribution in [1.82, 2.24) is 15.2 Å². The highest BCUT2D eigenvalue weighted by Gasteiger charge is 2.26. The van der Waals surface area contributed by atoms with Crippen molar-refractivity contribution in [3.8, 4) is 0 Å². The van der Waals surface area contributed by atoms with Gasteiger partial charge < -0.3 is 15.2 Å². The first-order valence-corrected chi connectivity index (χ1v) is 11.7. The molecule has 172 valence electrons. The average molecular weight is 448 g/mol. The zero-order valence-corrected chi connectivity index (χ0v) is 18.9. The van der Waals surface area contributed by atoms with Gasteiger partial charge in [0.2, 0.25) is 0 Å². The lowest BCUT2D eigenvalue weighted by Crippen LogP contribution is -2.29. The number of hydrogen-bond donors (Lipinski definition) is 2. The van der Waals surface area contributed by atoms with E-state index < -0.39 is 0 Å². The number of nitrogens with zero attached hydrogens (tertiary/aromatic N) is 1. The molecule has 33 heavy (non-hydrogen) atoms. The van der Waals surface area contributed by atoms with Crippen LogP contribution in [0.2, 0.25) is 0 Å². The molecule has 0 saturated heterocycles. The minimum atomic E-state index is -0.272. The molecule has 0 spiro atoms. The van der Waals surface area contributed by atoms with Gasteiger partial charge in [0, 0.05) is 18.8 Å². The first kappa shape index (κ1) is 22.8. The highest BCUT2D eigenvalue weighted by atomic mass is 19.1. The number of carbonyl (C=O) groups is 2. The lowest BCUT2D eigenvalue weighted by atomic mass is 10.0. The topological polar surface area (TPSA) is 63.1 Å². The maximum Gasteiger partial charge on any atom is 0.267 e. The molecule has 1 aromatic heterocycles. The number of carbonyl (C=O) groups excluding carboxylic acids is 2. The fraction of sp³-hybridized carbons (Fsp3) is 0.333. The summed E-state index contributed by atoms with van der Waals surface area (Å²) in [7, 11) is 0. The lowest BCUT2D eigenvalue weighted by molar-refractivity contribution is 0.0931. The second-order valence-electron chi connectivity index (χ2n) is 8.48. The molecule has 1 atom stereocenters. The first-order chi connectivity index (χ1) is 16.1. The molecule has 2 heterocycles. The Kier molecular flexibility index (Phi) is 7.23. The molecule has 0 unspecified atom stereocenters. The van der Waals surface area contributed by atoms with Crippen LogP contribution in [0.25, 0.3) is 0 Å². The van der Waals surface area contributed by atoms with Gasteiger partial charge in [0.25, 0.3) is 11.8 Å². The summed E-state index contributed by atoms with van der Waals surface area (Å²) in [5.74, 6) is -0.595. The summed E-state index contributed by atoms with van der Waals surface area (Å²) in [6.45, 7) is 3.23. The maximum absolute atomic E-state index is 13.2. The van der Waals surface area contributed by atoms with Crippen LogP contribution in [-0.4, -0.2) is 22.9 Å². The summed E-state index contributed by atoms with van der Waals surface area (Å²) >= 11 is 0. The largest absolute Gasteiger partial charge is 0.350 e. The SMILES string of the molecule is CC[C@H](NC(=O)c1cc(C(=O)NCCc2ccc(F)cc2)n2c1CCCC2)c1ccccc1. The van der Waals surface area contributed by atoms with Crippen molar-refractivity contribution in [2.75, 3.05) is 6.54 Å². The van der Waals surface area contributed by atoms with Crippen LogP contribution < -0.4 is 10.6 Å². The van der Waals surface area contributed by atoms with E-state index in [0.29, 0.717) is 24.2 Å². The Balaban J connectivity index is 1.48. The molecule has 1 aliphatic rings. The Labute approximate surface area is 194 Å². The number of hydrogen-bond acceptors (Lipinski definition) is 2. The number of halogens is 1. The zero-order valence-electron chi connectivity index (χ0n) is 18.9. The maximum atomic E-state index is 13.2. The number of aromatic nitrogens is 1. The number of amides is 2. The predicted molar refractivity (Wildman–Crippen MR) is 127 cm³/mol. The van der Waals surface area contributed by atoms with Gasteiger partial charge in [-0.1, -0.05) is 49.4 Å². The molecule has 2 aromatic carbocycles. The van der Waals surface area contributed by atoms with E-state index in [1.165, 1.54) is 12.1 Å². The number of fused-ring (bicyclic) bond motifs is 1. The Morgan fingerprint density at radius 1 is 1.03 bits per heavy atom. The van der Waals surface area contributed by atoms with E-state index in [1.807, 2.05) is 41.8 Å². The van der Waals surface area contributed by atoms with E-state index in [1.54, 1.807) is 18.2 Å². The summed E-state index contributed by atoms with van der Waals surface area (Å²) in [5.41, 5.74) is 4.08. The van der Waals surface area contributed by atoms with Crippen molar-refractivity contribution in [2.24, 2.45) is 0 Å². The number of rotatable bonds is 8. The summed E-state index contributed by atoms with van der Waals surface area (Å²) in [4.78, 5) is 26.2. The second kappa shape index (κ2) is 10.5. The Morgan fingerprint density at radius 2 is 1.79 bits per heavy atom. The Morgan fingerprint density at radius 3 is 2.52 bits per heavy atom. The van der Waals surface area contributed by atoms with Gasteiger partial charge in [-0.2, -0.15) is 0 Å². The molecule has 0 radical (unpaired) electrons. The van der Waals surface area contributed by atoms with Crippen LogP contribution in [0, 0.1) is 5.82 Å². The number of benzene rings is 2. The van der Waals surface area contributed by atoms with Crippen molar-refractivity contribution in [2.45, 2.75) is 51.6 Å². The van der Waals surface area contributed by atoms with E-state index in [2.05, 4.69) is 10.6 Å². The Hall–Kier alpha value is -3.41. The third kappa shape index (κ3) is 5.33. The molecule has 5 nitrogen and oxygen atoms in total. The minimum Gasteiger partial charge on any atom is -0.350 e. The standard InChI is InChI=1S/C27H30FN3O2/c1-2-23(20-8-4-3-5-9-20)30-26(32)22-18-25(31-17-7-6-10-24(22)31)27(33)29-16-15-19-11-13-21(28)14-12-19/h3-5,8-9,11-14,18,23H,2,6-7,10,15-17H2,1H3,(H,29,33)(H,30,32)/t23-/m0/s1. The van der Waals surface area contributed by atoms with E-state index in [4.69, 9.17) is 0 Å². The van der Waals surface area contributed by atoms with Crippen LogP contribution in [0.1, 0.15) is 69.9 Å². The van der Waals surface area contributed by atoms with Crippen LogP contribution in [0.3, 0.4) is 0 Å². The normalized spacial score (nSPS) is 13.8. The smallest absolute Gasteiger partial charge is 0.267 e. The van der Waals surface area contributed by atoms with E-state index in [9.17, 15) is 14.0 Å². The molecule has 4 rings (SSSR count). The van der Waals surface area contributed by atoms with Gasteiger partial charge in [0.15, 0.2) is 0 Å². The fourth-order valence-electron chi connectivity index (χ4n) is 4.47. The van der Waals surface area contributed by atoms with Gasteiger partial charge >= 0.3 is 0 Å². The summed E-state index contributed by atoms with van der Waals surface area (Å²) in [6.07, 6.45) is 4.17. The zero-order chi connectivity index (χ0) is 23.2. The molecule has 2 amide bonds. The highest BCUT2D eigenvalue weighted by molar-refractivity contribution is 6.00. The van der Waals surface area contributed by atoms with Gasteiger partial charge in [0.1, 0.15) is 11.5 Å². The van der Waals surface area contributed by atoms with Crippen molar-refractivity contribution < 1.29 is 14.0 Å². The quantitative estimate of drug-likeness (QED) is 0.520. The highest BCUT2D eigenvalue weighted by Crippen LogP contribution is 2.25. The van der Waals surface area contributed by atoms with E-state index in [0.717, 1.165) is 49.0 Å². The molecule has 3 aromatic rings. The summed E-state index contributed by atoms with van der Waals surface area (Å²) < 4.78 is 15.1. The molecule has 0 aliphatic carbocycles. The van der Waals surface area contributed by atoms with E-state index >= 15 is 0 Å². The number of nitrogens with one attached hydrogen (secondary N) is 2. The molecule has 6 heteroatoms. The molecule has 0 bridgehead atoms. The second-order valence-corrected chi connectivity index (χ2v) is 8.48. The van der Waals surface area contributed by atoms with Crippen molar-refractivity contribution in [3.63, 3.8) is 0 Å². The van der Waals surface area contributed by atoms with Gasteiger partial charge in [-0.25, -0.2) is 4.39 Å². The van der Waals surface area contributed by atoms with E-state index in [-0.39, 0.29) is 23.7 Å². The molecule has 0 saturated carbocycles. The third-order valence-electron chi connectivity index (χ3n) is 6.26. The van der Waals surface area contributed by atoms with Crippen molar-refractivity contribution in [3.05, 3.63) is 94.6 Å². The molecule has 1 aliphatic heterocycles. The van der Waals surface area contributed by atoms with Gasteiger partial charge in [-0.15, -0.1) is 0 Å². The van der Waals surface area contributed by atoms with Crippen LogP contribution in [0.15, 0.2) is 60.7 Å². The van der Waals surface area contributed by atoms with Gasteiger partial charge in [-0.05, 0) is 61.4 Å². The van der Waals surface area contributed by atoms with Crippen LogP contribution in [-0.2, 0) is 19.4 Å². The van der Waals surface area contributed by atoms with Crippen LogP contribution >= 0.6 is 0 Å². The van der Waals surface area contributed by atoms with Crippen LogP contribution in [0.5, 0.6) is 0 Å². The average Bonchev–Trinajstić information content (AvgIpc) is 3.24. The van der Waals surface area contributed by atoms with Crippen molar-refractivity contribution >= 4 is 11.8 Å². The van der Waals surface area contributed by atoms with Gasteiger partial charge in [0.05, 0.1) is 11.6 Å². The molecular weight excluding hydrogens is 417 g/mol. The predicted octanol–water partition coefficient (Wildman–Crippen LogP) is 4.82. The Bertz CT molecular complexity index is 1110. The first-order valence-electron chi connectivity index (χ1n) is 11.7. The monoisotopic (exact) mass is 447 g/mol. The summed E-state index contributed by atoms with van der Waals surface area (Å²) in [5, 5.41) is 6.11. The molecular formula is C27H30FN3O2. The fourth-order valence-corrected chi connectivity index (χ4v) is 4.47. The lowest BCUT2D eigenvalue weighted by Gasteiger charge is -2.20. The molecule has 2 N–H and O–H groups in total. The molecule has 0 fully saturated rings. The third-order valence-corrected chi connectivity index (χ3v) is 6.26. The summed E-state index contributed by atoms with van der Waals surface area (Å²) in [6, 6.07) is 17.9. The van der Waals surface area contributed by atoms with Crippen LogP contribution in [0.4, 0.5) is 4.39 Å². The van der Waals surface area contributed by atoms with Crippen molar-refractivity contribution in [1.29, 1.82) is 0 Å². The minimum absolute atomic E-state index is 0.0779. The van der Waals surface area contributed by atoms with Gasteiger partial charge in [-0.3, -0.25) is 9.59 Å².